The van der Waals surface area contributed by atoms with E-state index in [4.69, 9.17) is 17.3 Å². The standard InChI is InChI=1S/C14H21ClN2O/c1-3-5-13(16)9-14(18)17-10(2)11-6-4-7-12(15)8-11/h4,6-8,10,13H,3,5,9,16H2,1-2H3,(H,17,18)/t10-,13?/m0/s1. The third-order valence-corrected chi connectivity index (χ3v) is 3.07. The van der Waals surface area contributed by atoms with Crippen LogP contribution in [0.2, 0.25) is 5.02 Å². The highest BCUT2D eigenvalue weighted by atomic mass is 35.5. The van der Waals surface area contributed by atoms with E-state index >= 15 is 0 Å². The Hall–Kier alpha value is -1.06. The van der Waals surface area contributed by atoms with Crippen molar-refractivity contribution in [3.63, 3.8) is 0 Å². The fourth-order valence-corrected chi connectivity index (χ4v) is 2.07. The number of nitrogens with two attached hydrogens (primary N) is 1. The van der Waals surface area contributed by atoms with E-state index < -0.39 is 0 Å². The third kappa shape index (κ3) is 5.07. The van der Waals surface area contributed by atoms with Crippen LogP contribution in [0.15, 0.2) is 24.3 Å². The van der Waals surface area contributed by atoms with Crippen LogP contribution >= 0.6 is 11.6 Å². The molecule has 1 unspecified atom stereocenters. The summed E-state index contributed by atoms with van der Waals surface area (Å²) in [6.45, 7) is 4.00. The molecule has 18 heavy (non-hydrogen) atoms. The van der Waals surface area contributed by atoms with Gasteiger partial charge in [0.2, 0.25) is 5.91 Å². The van der Waals surface area contributed by atoms with Crippen LogP contribution in [0.4, 0.5) is 0 Å². The number of hydrogen-bond donors (Lipinski definition) is 2. The van der Waals surface area contributed by atoms with Crippen LogP contribution < -0.4 is 11.1 Å². The van der Waals surface area contributed by atoms with Gasteiger partial charge in [-0.05, 0) is 31.0 Å². The lowest BCUT2D eigenvalue weighted by Gasteiger charge is -2.16. The summed E-state index contributed by atoms with van der Waals surface area (Å²) in [5.74, 6) is -0.0107. The first-order valence-corrected chi connectivity index (χ1v) is 6.71. The maximum absolute atomic E-state index is 11.8. The predicted molar refractivity (Wildman–Crippen MR) is 75.5 cm³/mol. The summed E-state index contributed by atoms with van der Waals surface area (Å²) in [4.78, 5) is 11.8. The molecule has 0 fully saturated rings. The summed E-state index contributed by atoms with van der Waals surface area (Å²) in [5, 5.41) is 3.61. The molecule has 0 bridgehead atoms. The van der Waals surface area contributed by atoms with E-state index in [9.17, 15) is 4.79 Å². The van der Waals surface area contributed by atoms with Crippen LogP contribution in [0.1, 0.15) is 44.7 Å². The SMILES string of the molecule is CCCC(N)CC(=O)N[C@@H](C)c1cccc(Cl)c1. The topological polar surface area (TPSA) is 55.1 Å². The van der Waals surface area contributed by atoms with Gasteiger partial charge in [0.25, 0.3) is 0 Å². The number of halogens is 1. The molecule has 0 radical (unpaired) electrons. The van der Waals surface area contributed by atoms with E-state index in [1.165, 1.54) is 0 Å². The molecule has 100 valence electrons. The van der Waals surface area contributed by atoms with E-state index in [2.05, 4.69) is 12.2 Å². The molecular weight excluding hydrogens is 248 g/mol. The number of nitrogens with one attached hydrogen (secondary N) is 1. The molecule has 0 saturated heterocycles. The summed E-state index contributed by atoms with van der Waals surface area (Å²) in [7, 11) is 0. The van der Waals surface area contributed by atoms with Crippen LogP contribution in [0.5, 0.6) is 0 Å². The minimum Gasteiger partial charge on any atom is -0.350 e. The van der Waals surface area contributed by atoms with Crippen molar-refractivity contribution in [2.24, 2.45) is 5.73 Å². The van der Waals surface area contributed by atoms with Crippen molar-refractivity contribution in [3.8, 4) is 0 Å². The molecule has 0 aliphatic rings. The summed E-state index contributed by atoms with van der Waals surface area (Å²) >= 11 is 5.92. The maximum Gasteiger partial charge on any atom is 0.222 e. The highest BCUT2D eigenvalue weighted by Crippen LogP contribution is 2.17. The van der Waals surface area contributed by atoms with Crippen LogP contribution in [-0.4, -0.2) is 11.9 Å². The van der Waals surface area contributed by atoms with Crippen LogP contribution in [0.3, 0.4) is 0 Å². The normalized spacial score (nSPS) is 14.0. The summed E-state index contributed by atoms with van der Waals surface area (Å²) in [6.07, 6.45) is 2.25. The Morgan fingerprint density at radius 1 is 1.50 bits per heavy atom. The van der Waals surface area contributed by atoms with Crippen molar-refractivity contribution in [3.05, 3.63) is 34.9 Å². The highest BCUT2D eigenvalue weighted by Gasteiger charge is 2.12. The van der Waals surface area contributed by atoms with Gasteiger partial charge in [0.1, 0.15) is 0 Å². The Kier molecular flexibility index (Phi) is 6.16. The molecule has 2 atom stereocenters. The molecule has 3 nitrogen and oxygen atoms in total. The molecular formula is C14H21ClN2O. The summed E-state index contributed by atoms with van der Waals surface area (Å²) in [6, 6.07) is 7.40. The number of benzene rings is 1. The molecule has 1 aromatic carbocycles. The Labute approximate surface area is 114 Å². The van der Waals surface area contributed by atoms with Gasteiger partial charge in [-0.1, -0.05) is 37.1 Å². The Bertz CT molecular complexity index is 395. The van der Waals surface area contributed by atoms with Gasteiger partial charge in [-0.15, -0.1) is 0 Å². The van der Waals surface area contributed by atoms with Crippen molar-refractivity contribution < 1.29 is 4.79 Å². The molecule has 0 aliphatic carbocycles. The minimum atomic E-state index is -0.0541. The summed E-state index contributed by atoms with van der Waals surface area (Å²) < 4.78 is 0. The average molecular weight is 269 g/mol. The van der Waals surface area contributed by atoms with Crippen LogP contribution in [0.25, 0.3) is 0 Å². The van der Waals surface area contributed by atoms with E-state index in [-0.39, 0.29) is 18.0 Å². The smallest absolute Gasteiger partial charge is 0.222 e. The number of amides is 1. The third-order valence-electron chi connectivity index (χ3n) is 2.83. The zero-order valence-corrected chi connectivity index (χ0v) is 11.7. The van der Waals surface area contributed by atoms with Crippen LogP contribution in [0, 0.1) is 0 Å². The molecule has 0 spiro atoms. The predicted octanol–water partition coefficient (Wildman–Crippen LogP) is 3.03. The molecule has 0 aliphatic heterocycles. The van der Waals surface area contributed by atoms with Crippen molar-refractivity contribution in [1.82, 2.24) is 5.32 Å². The Balaban J connectivity index is 2.49. The van der Waals surface area contributed by atoms with Gasteiger partial charge >= 0.3 is 0 Å². The second kappa shape index (κ2) is 7.39. The second-order valence-corrected chi connectivity index (χ2v) is 5.03. The van der Waals surface area contributed by atoms with E-state index in [1.54, 1.807) is 0 Å². The van der Waals surface area contributed by atoms with Gasteiger partial charge in [0.15, 0.2) is 0 Å². The monoisotopic (exact) mass is 268 g/mol. The fraction of sp³-hybridized carbons (Fsp3) is 0.500. The number of carbonyl (C=O) groups is 1. The first-order chi connectivity index (χ1) is 8.52. The van der Waals surface area contributed by atoms with Gasteiger partial charge in [-0.2, -0.15) is 0 Å². The molecule has 0 aromatic heterocycles. The number of rotatable bonds is 6. The van der Waals surface area contributed by atoms with Gasteiger partial charge in [0.05, 0.1) is 6.04 Å². The zero-order chi connectivity index (χ0) is 13.5. The van der Waals surface area contributed by atoms with Gasteiger partial charge in [-0.25, -0.2) is 0 Å². The lowest BCUT2D eigenvalue weighted by atomic mass is 10.1. The first-order valence-electron chi connectivity index (χ1n) is 6.33. The average Bonchev–Trinajstić information content (AvgIpc) is 2.28. The van der Waals surface area contributed by atoms with E-state index in [0.717, 1.165) is 18.4 Å². The quantitative estimate of drug-likeness (QED) is 0.833. The highest BCUT2D eigenvalue weighted by molar-refractivity contribution is 6.30. The maximum atomic E-state index is 11.8. The largest absolute Gasteiger partial charge is 0.350 e. The lowest BCUT2D eigenvalue weighted by molar-refractivity contribution is -0.122. The minimum absolute atomic E-state index is 0.0107. The van der Waals surface area contributed by atoms with Gasteiger partial charge < -0.3 is 11.1 Å². The second-order valence-electron chi connectivity index (χ2n) is 4.60. The molecule has 0 heterocycles. The fourth-order valence-electron chi connectivity index (χ4n) is 1.87. The number of carbonyl (C=O) groups excluding carboxylic acids is 1. The number of hydrogen-bond acceptors (Lipinski definition) is 2. The molecule has 0 saturated carbocycles. The Morgan fingerprint density at radius 3 is 2.83 bits per heavy atom. The molecule has 4 heteroatoms. The van der Waals surface area contributed by atoms with Crippen molar-refractivity contribution >= 4 is 17.5 Å². The van der Waals surface area contributed by atoms with Crippen molar-refractivity contribution in [2.75, 3.05) is 0 Å². The van der Waals surface area contributed by atoms with Gasteiger partial charge in [0, 0.05) is 17.5 Å². The van der Waals surface area contributed by atoms with E-state index in [1.807, 2.05) is 31.2 Å². The Morgan fingerprint density at radius 2 is 2.22 bits per heavy atom. The molecule has 3 N–H and O–H groups in total. The zero-order valence-electron chi connectivity index (χ0n) is 10.9. The lowest BCUT2D eigenvalue weighted by Crippen LogP contribution is -2.33. The molecule has 1 rings (SSSR count). The molecule has 1 amide bonds. The van der Waals surface area contributed by atoms with Crippen molar-refractivity contribution in [1.29, 1.82) is 0 Å². The van der Waals surface area contributed by atoms with Crippen molar-refractivity contribution in [2.45, 2.75) is 45.2 Å². The van der Waals surface area contributed by atoms with E-state index in [0.29, 0.717) is 11.4 Å². The summed E-state index contributed by atoms with van der Waals surface area (Å²) in [5.41, 5.74) is 6.84. The first kappa shape index (κ1) is 15.0. The van der Waals surface area contributed by atoms with Gasteiger partial charge in [-0.3, -0.25) is 4.79 Å². The van der Waals surface area contributed by atoms with Crippen LogP contribution in [-0.2, 0) is 4.79 Å². The molecule has 1 aromatic rings.